The molecule has 2 atom stereocenters. The van der Waals surface area contributed by atoms with Crippen molar-refractivity contribution in [3.63, 3.8) is 0 Å². The first-order chi connectivity index (χ1) is 9.04. The van der Waals surface area contributed by atoms with Crippen LogP contribution < -0.4 is 10.6 Å². The van der Waals surface area contributed by atoms with Crippen LogP contribution in [-0.4, -0.2) is 19.1 Å². The van der Waals surface area contributed by atoms with Gasteiger partial charge in [-0.05, 0) is 36.5 Å². The molecule has 0 spiro atoms. The number of halogens is 3. The van der Waals surface area contributed by atoms with E-state index in [9.17, 15) is 13.2 Å². The summed E-state index contributed by atoms with van der Waals surface area (Å²) in [7, 11) is 0. The molecule has 2 nitrogen and oxygen atoms in total. The van der Waals surface area contributed by atoms with Crippen LogP contribution in [0.5, 0.6) is 0 Å². The van der Waals surface area contributed by atoms with Crippen molar-refractivity contribution in [2.24, 2.45) is 5.92 Å². The summed E-state index contributed by atoms with van der Waals surface area (Å²) < 4.78 is 38.0. The molecule has 1 aromatic rings. The van der Waals surface area contributed by atoms with Crippen LogP contribution in [-0.2, 0) is 6.18 Å². The summed E-state index contributed by atoms with van der Waals surface area (Å²) in [6, 6.07) is 6.06. The van der Waals surface area contributed by atoms with Crippen LogP contribution in [0, 0.1) is 5.92 Å². The summed E-state index contributed by atoms with van der Waals surface area (Å²) in [5, 5.41) is 6.80. The Balaban J connectivity index is 1.69. The number of hydrogen-bond acceptors (Lipinski definition) is 2. The molecule has 2 aliphatic rings. The van der Waals surface area contributed by atoms with Crippen LogP contribution in [0.15, 0.2) is 24.3 Å². The molecule has 19 heavy (non-hydrogen) atoms. The van der Waals surface area contributed by atoms with E-state index in [4.69, 9.17) is 0 Å². The summed E-state index contributed by atoms with van der Waals surface area (Å²) in [6.45, 7) is 1.54. The lowest BCUT2D eigenvalue weighted by Gasteiger charge is -2.31. The van der Waals surface area contributed by atoms with E-state index in [0.29, 0.717) is 18.2 Å². The SMILES string of the molecule is FC(F)(F)c1cccc(C2CNC(C3CC3)CN2)c1. The smallest absolute Gasteiger partial charge is 0.311 e. The Hall–Kier alpha value is -1.07. The highest BCUT2D eigenvalue weighted by atomic mass is 19.4. The second-order valence-electron chi connectivity index (χ2n) is 5.44. The zero-order valence-electron chi connectivity index (χ0n) is 10.5. The fraction of sp³-hybridized carbons (Fsp3) is 0.571. The van der Waals surface area contributed by atoms with E-state index in [1.165, 1.54) is 25.0 Å². The average molecular weight is 270 g/mol. The van der Waals surface area contributed by atoms with Gasteiger partial charge in [-0.2, -0.15) is 13.2 Å². The molecule has 1 heterocycles. The van der Waals surface area contributed by atoms with Gasteiger partial charge in [-0.1, -0.05) is 12.1 Å². The molecular formula is C14H17F3N2. The van der Waals surface area contributed by atoms with E-state index in [1.54, 1.807) is 6.07 Å². The third-order valence-corrected chi connectivity index (χ3v) is 3.98. The lowest BCUT2D eigenvalue weighted by Crippen LogP contribution is -2.51. The molecule has 0 amide bonds. The van der Waals surface area contributed by atoms with E-state index >= 15 is 0 Å². The molecule has 1 saturated heterocycles. The van der Waals surface area contributed by atoms with Gasteiger partial charge in [0.05, 0.1) is 5.56 Å². The monoisotopic (exact) mass is 270 g/mol. The van der Waals surface area contributed by atoms with Crippen molar-refractivity contribution >= 4 is 0 Å². The van der Waals surface area contributed by atoms with Crippen LogP contribution in [0.4, 0.5) is 13.2 Å². The minimum absolute atomic E-state index is 0.0303. The summed E-state index contributed by atoms with van der Waals surface area (Å²) >= 11 is 0. The largest absolute Gasteiger partial charge is 0.416 e. The normalized spacial score (nSPS) is 28.4. The maximum Gasteiger partial charge on any atom is 0.416 e. The van der Waals surface area contributed by atoms with Gasteiger partial charge in [-0.25, -0.2) is 0 Å². The van der Waals surface area contributed by atoms with Crippen LogP contribution in [0.25, 0.3) is 0 Å². The Morgan fingerprint density at radius 2 is 1.84 bits per heavy atom. The van der Waals surface area contributed by atoms with Gasteiger partial charge in [0.25, 0.3) is 0 Å². The van der Waals surface area contributed by atoms with Gasteiger partial charge < -0.3 is 10.6 Å². The molecule has 2 N–H and O–H groups in total. The number of alkyl halides is 3. The van der Waals surface area contributed by atoms with Crippen molar-refractivity contribution in [2.75, 3.05) is 13.1 Å². The van der Waals surface area contributed by atoms with E-state index < -0.39 is 11.7 Å². The maximum atomic E-state index is 12.7. The Morgan fingerprint density at radius 1 is 1.05 bits per heavy atom. The van der Waals surface area contributed by atoms with Crippen molar-refractivity contribution in [2.45, 2.75) is 31.1 Å². The molecule has 1 aliphatic heterocycles. The molecule has 2 fully saturated rings. The van der Waals surface area contributed by atoms with Gasteiger partial charge in [-0.3, -0.25) is 0 Å². The minimum Gasteiger partial charge on any atom is -0.311 e. The molecule has 0 aromatic heterocycles. The van der Waals surface area contributed by atoms with Gasteiger partial charge in [-0.15, -0.1) is 0 Å². The summed E-state index contributed by atoms with van der Waals surface area (Å²) in [5.74, 6) is 0.759. The van der Waals surface area contributed by atoms with Crippen molar-refractivity contribution in [1.82, 2.24) is 10.6 Å². The van der Waals surface area contributed by atoms with Gasteiger partial charge in [0, 0.05) is 25.2 Å². The van der Waals surface area contributed by atoms with Crippen LogP contribution in [0.3, 0.4) is 0 Å². The highest BCUT2D eigenvalue weighted by molar-refractivity contribution is 5.28. The summed E-state index contributed by atoms with van der Waals surface area (Å²) in [6.07, 6.45) is -1.73. The Labute approximate surface area is 110 Å². The minimum atomic E-state index is -4.27. The van der Waals surface area contributed by atoms with Gasteiger partial charge >= 0.3 is 6.18 Å². The first kappa shape index (κ1) is 12.9. The lowest BCUT2D eigenvalue weighted by molar-refractivity contribution is -0.137. The van der Waals surface area contributed by atoms with Crippen molar-refractivity contribution in [3.05, 3.63) is 35.4 Å². The van der Waals surface area contributed by atoms with Crippen LogP contribution in [0.2, 0.25) is 0 Å². The van der Waals surface area contributed by atoms with E-state index in [2.05, 4.69) is 10.6 Å². The first-order valence-electron chi connectivity index (χ1n) is 6.68. The topological polar surface area (TPSA) is 24.1 Å². The molecule has 1 aliphatic carbocycles. The third kappa shape index (κ3) is 2.92. The van der Waals surface area contributed by atoms with Crippen molar-refractivity contribution in [3.8, 4) is 0 Å². The molecule has 1 saturated carbocycles. The van der Waals surface area contributed by atoms with E-state index in [-0.39, 0.29) is 6.04 Å². The quantitative estimate of drug-likeness (QED) is 0.863. The highest BCUT2D eigenvalue weighted by Gasteiger charge is 2.35. The second-order valence-corrected chi connectivity index (χ2v) is 5.44. The van der Waals surface area contributed by atoms with Gasteiger partial charge in [0.15, 0.2) is 0 Å². The number of nitrogens with one attached hydrogen (secondary N) is 2. The standard InChI is InChI=1S/C14H17F3N2/c15-14(16,17)11-3-1-2-10(6-11)13-8-18-12(7-19-13)9-4-5-9/h1-3,6,9,12-13,18-19H,4-5,7-8H2. The predicted octanol–water partition coefficient (Wildman–Crippen LogP) is 2.72. The number of benzene rings is 1. The fourth-order valence-electron chi connectivity index (χ4n) is 2.68. The zero-order valence-corrected chi connectivity index (χ0v) is 10.5. The molecular weight excluding hydrogens is 253 g/mol. The first-order valence-corrected chi connectivity index (χ1v) is 6.68. The van der Waals surface area contributed by atoms with Crippen LogP contribution >= 0.6 is 0 Å². The molecule has 0 bridgehead atoms. The zero-order chi connectivity index (χ0) is 13.5. The Bertz CT molecular complexity index is 446. The number of hydrogen-bond donors (Lipinski definition) is 2. The van der Waals surface area contributed by atoms with Crippen LogP contribution in [0.1, 0.15) is 30.0 Å². The fourth-order valence-corrected chi connectivity index (χ4v) is 2.68. The van der Waals surface area contributed by atoms with E-state index in [0.717, 1.165) is 18.5 Å². The van der Waals surface area contributed by atoms with Crippen molar-refractivity contribution < 1.29 is 13.2 Å². The molecule has 0 radical (unpaired) electrons. The number of rotatable bonds is 2. The molecule has 1 aromatic carbocycles. The van der Waals surface area contributed by atoms with Gasteiger partial charge in [0.2, 0.25) is 0 Å². The molecule has 5 heteroatoms. The lowest BCUT2D eigenvalue weighted by atomic mass is 10.00. The molecule has 104 valence electrons. The predicted molar refractivity (Wildman–Crippen MR) is 66.7 cm³/mol. The van der Waals surface area contributed by atoms with E-state index in [1.807, 2.05) is 0 Å². The number of piperazine rings is 1. The Kier molecular flexibility index (Phi) is 3.27. The second kappa shape index (κ2) is 4.80. The third-order valence-electron chi connectivity index (χ3n) is 3.98. The highest BCUT2D eigenvalue weighted by Crippen LogP contribution is 2.34. The Morgan fingerprint density at radius 3 is 2.42 bits per heavy atom. The van der Waals surface area contributed by atoms with Gasteiger partial charge in [0.1, 0.15) is 0 Å². The van der Waals surface area contributed by atoms with Crippen molar-refractivity contribution in [1.29, 1.82) is 0 Å². The maximum absolute atomic E-state index is 12.7. The summed E-state index contributed by atoms with van der Waals surface area (Å²) in [4.78, 5) is 0. The molecule has 3 rings (SSSR count). The molecule has 2 unspecified atom stereocenters. The summed E-state index contributed by atoms with van der Waals surface area (Å²) in [5.41, 5.74) is 0.132. The average Bonchev–Trinajstić information content (AvgIpc) is 3.22.